The number of benzene rings is 2. The number of aromatic nitrogens is 4. The SMILES string of the molecule is CCc1cc(O)ccc1-c1ccc2c(-c3nc4c([nH]3)CCNC4)n[nH]c2c1. The van der Waals surface area contributed by atoms with Crippen molar-refractivity contribution < 1.29 is 5.11 Å². The van der Waals surface area contributed by atoms with E-state index in [9.17, 15) is 5.11 Å². The molecule has 136 valence electrons. The highest BCUT2D eigenvalue weighted by molar-refractivity contribution is 5.94. The molecule has 0 saturated carbocycles. The van der Waals surface area contributed by atoms with Crippen LogP contribution in [0.15, 0.2) is 36.4 Å². The lowest BCUT2D eigenvalue weighted by atomic mass is 9.97. The molecule has 2 aromatic heterocycles. The van der Waals surface area contributed by atoms with Crippen molar-refractivity contribution >= 4 is 10.9 Å². The Bertz CT molecular complexity index is 1120. The molecule has 4 N–H and O–H groups in total. The van der Waals surface area contributed by atoms with Gasteiger partial charge < -0.3 is 15.4 Å². The molecule has 0 amide bonds. The molecule has 0 unspecified atom stereocenters. The van der Waals surface area contributed by atoms with Gasteiger partial charge in [0.15, 0.2) is 5.82 Å². The normalized spacial score (nSPS) is 13.8. The van der Waals surface area contributed by atoms with Gasteiger partial charge in [0.2, 0.25) is 0 Å². The van der Waals surface area contributed by atoms with Gasteiger partial charge in [-0.25, -0.2) is 4.98 Å². The van der Waals surface area contributed by atoms with E-state index in [1.807, 2.05) is 12.1 Å². The summed E-state index contributed by atoms with van der Waals surface area (Å²) in [6, 6.07) is 11.9. The molecule has 2 aromatic carbocycles. The zero-order valence-electron chi connectivity index (χ0n) is 15.1. The molecule has 27 heavy (non-hydrogen) atoms. The average molecular weight is 359 g/mol. The highest BCUT2D eigenvalue weighted by Crippen LogP contribution is 2.32. The van der Waals surface area contributed by atoms with Gasteiger partial charge in [0.05, 0.1) is 11.2 Å². The molecule has 1 aliphatic rings. The van der Waals surface area contributed by atoms with Gasteiger partial charge in [-0.2, -0.15) is 5.10 Å². The smallest absolute Gasteiger partial charge is 0.159 e. The van der Waals surface area contributed by atoms with E-state index in [2.05, 4.69) is 45.6 Å². The predicted molar refractivity (Wildman–Crippen MR) is 106 cm³/mol. The van der Waals surface area contributed by atoms with Crippen molar-refractivity contribution in [2.24, 2.45) is 0 Å². The molecule has 3 heterocycles. The Morgan fingerprint density at radius 2 is 2.07 bits per heavy atom. The van der Waals surface area contributed by atoms with Crippen molar-refractivity contribution in [2.45, 2.75) is 26.3 Å². The summed E-state index contributed by atoms with van der Waals surface area (Å²) < 4.78 is 0. The molecule has 0 spiro atoms. The van der Waals surface area contributed by atoms with E-state index in [1.54, 1.807) is 6.07 Å². The summed E-state index contributed by atoms with van der Waals surface area (Å²) in [5.41, 5.74) is 7.48. The topological polar surface area (TPSA) is 89.6 Å². The number of nitrogens with one attached hydrogen (secondary N) is 3. The molecule has 0 radical (unpaired) electrons. The number of hydrogen-bond donors (Lipinski definition) is 4. The maximum atomic E-state index is 9.76. The van der Waals surface area contributed by atoms with Crippen molar-refractivity contribution in [1.29, 1.82) is 0 Å². The average Bonchev–Trinajstić information content (AvgIpc) is 3.30. The first kappa shape index (κ1) is 16.1. The van der Waals surface area contributed by atoms with Crippen LogP contribution in [-0.2, 0) is 19.4 Å². The fourth-order valence-corrected chi connectivity index (χ4v) is 3.85. The lowest BCUT2D eigenvalue weighted by Crippen LogP contribution is -2.23. The van der Waals surface area contributed by atoms with Crippen LogP contribution in [0.3, 0.4) is 0 Å². The largest absolute Gasteiger partial charge is 0.508 e. The van der Waals surface area contributed by atoms with E-state index < -0.39 is 0 Å². The quantitative estimate of drug-likeness (QED) is 0.450. The molecule has 4 aromatic rings. The van der Waals surface area contributed by atoms with Crippen LogP contribution in [-0.4, -0.2) is 31.8 Å². The molecule has 6 nitrogen and oxygen atoms in total. The van der Waals surface area contributed by atoms with Crippen LogP contribution in [0.25, 0.3) is 33.5 Å². The summed E-state index contributed by atoms with van der Waals surface area (Å²) in [5, 5.41) is 21.8. The van der Waals surface area contributed by atoms with Crippen LogP contribution in [0.4, 0.5) is 0 Å². The van der Waals surface area contributed by atoms with E-state index >= 15 is 0 Å². The third kappa shape index (κ3) is 2.69. The van der Waals surface area contributed by atoms with Crippen LogP contribution in [0.5, 0.6) is 5.75 Å². The maximum Gasteiger partial charge on any atom is 0.159 e. The van der Waals surface area contributed by atoms with Crippen molar-refractivity contribution in [3.8, 4) is 28.4 Å². The number of H-pyrrole nitrogens is 2. The molecule has 5 rings (SSSR count). The van der Waals surface area contributed by atoms with E-state index in [-0.39, 0.29) is 0 Å². The Hall–Kier alpha value is -3.12. The van der Waals surface area contributed by atoms with Crippen molar-refractivity contribution in [3.63, 3.8) is 0 Å². The lowest BCUT2D eigenvalue weighted by Gasteiger charge is -2.09. The number of rotatable bonds is 3. The summed E-state index contributed by atoms with van der Waals surface area (Å²) >= 11 is 0. The highest BCUT2D eigenvalue weighted by Gasteiger charge is 2.18. The second-order valence-corrected chi connectivity index (χ2v) is 6.97. The van der Waals surface area contributed by atoms with Crippen LogP contribution >= 0.6 is 0 Å². The molecule has 1 aliphatic heterocycles. The standard InChI is InChI=1S/C21H21N5O/c1-2-12-9-14(27)4-6-15(12)13-3-5-16-18(10-13)25-26-20(16)21-23-17-7-8-22-11-19(17)24-21/h3-6,9-10,22,27H,2,7-8,11H2,1H3,(H,23,24)(H,25,26). The molecule has 0 aliphatic carbocycles. The number of nitrogens with zero attached hydrogens (tertiary/aromatic N) is 2. The number of hydrogen-bond acceptors (Lipinski definition) is 4. The Morgan fingerprint density at radius 1 is 1.15 bits per heavy atom. The number of aryl methyl sites for hydroxylation is 1. The number of phenols is 1. The molecular weight excluding hydrogens is 338 g/mol. The van der Waals surface area contributed by atoms with Gasteiger partial charge in [-0.3, -0.25) is 5.10 Å². The van der Waals surface area contributed by atoms with Gasteiger partial charge in [-0.05, 0) is 47.4 Å². The maximum absolute atomic E-state index is 9.76. The summed E-state index contributed by atoms with van der Waals surface area (Å²) in [6.07, 6.45) is 1.83. The first-order valence-corrected chi connectivity index (χ1v) is 9.32. The van der Waals surface area contributed by atoms with Crippen LogP contribution in [0.2, 0.25) is 0 Å². The molecule has 0 saturated heterocycles. The van der Waals surface area contributed by atoms with Gasteiger partial charge in [0, 0.05) is 30.6 Å². The lowest BCUT2D eigenvalue weighted by molar-refractivity contribution is 0.474. The Kier molecular flexibility index (Phi) is 3.72. The Labute approximate surface area is 156 Å². The molecule has 6 heteroatoms. The third-order valence-corrected chi connectivity index (χ3v) is 5.28. The summed E-state index contributed by atoms with van der Waals surface area (Å²) in [6.45, 7) is 3.88. The van der Waals surface area contributed by atoms with Gasteiger partial charge >= 0.3 is 0 Å². The van der Waals surface area contributed by atoms with E-state index in [4.69, 9.17) is 4.98 Å². The van der Waals surface area contributed by atoms with Crippen LogP contribution in [0, 0.1) is 0 Å². The minimum atomic E-state index is 0.303. The van der Waals surface area contributed by atoms with E-state index in [1.165, 1.54) is 5.69 Å². The van der Waals surface area contributed by atoms with Gasteiger partial charge in [0.25, 0.3) is 0 Å². The molecule has 0 atom stereocenters. The number of fused-ring (bicyclic) bond motifs is 2. The summed E-state index contributed by atoms with van der Waals surface area (Å²) in [4.78, 5) is 8.17. The Balaban J connectivity index is 1.58. The first-order chi connectivity index (χ1) is 13.2. The zero-order chi connectivity index (χ0) is 18.4. The van der Waals surface area contributed by atoms with E-state index in [0.29, 0.717) is 5.75 Å². The van der Waals surface area contributed by atoms with Crippen molar-refractivity contribution in [3.05, 3.63) is 53.3 Å². The number of aromatic amines is 2. The molecular formula is C21H21N5O. The summed E-state index contributed by atoms with van der Waals surface area (Å²) in [7, 11) is 0. The molecule has 0 bridgehead atoms. The van der Waals surface area contributed by atoms with Crippen LogP contribution in [0.1, 0.15) is 23.9 Å². The second kappa shape index (κ2) is 6.25. The van der Waals surface area contributed by atoms with Gasteiger partial charge in [0.1, 0.15) is 11.4 Å². The first-order valence-electron chi connectivity index (χ1n) is 9.32. The fourth-order valence-electron chi connectivity index (χ4n) is 3.85. The Morgan fingerprint density at radius 3 is 2.93 bits per heavy atom. The van der Waals surface area contributed by atoms with E-state index in [0.717, 1.165) is 70.7 Å². The van der Waals surface area contributed by atoms with Gasteiger partial charge in [-0.1, -0.05) is 19.1 Å². The number of phenolic OH excluding ortho intramolecular Hbond substituents is 1. The third-order valence-electron chi connectivity index (χ3n) is 5.28. The van der Waals surface area contributed by atoms with Gasteiger partial charge in [-0.15, -0.1) is 0 Å². The predicted octanol–water partition coefficient (Wildman–Crippen LogP) is 3.53. The number of aromatic hydroxyl groups is 1. The fraction of sp³-hybridized carbons (Fsp3) is 0.238. The summed E-state index contributed by atoms with van der Waals surface area (Å²) in [5.74, 6) is 1.12. The highest BCUT2D eigenvalue weighted by atomic mass is 16.3. The zero-order valence-corrected chi connectivity index (χ0v) is 15.1. The monoisotopic (exact) mass is 359 g/mol. The minimum Gasteiger partial charge on any atom is -0.508 e. The van der Waals surface area contributed by atoms with Crippen molar-refractivity contribution in [1.82, 2.24) is 25.5 Å². The number of imidazole rings is 1. The van der Waals surface area contributed by atoms with Crippen LogP contribution < -0.4 is 5.32 Å². The molecule has 0 fully saturated rings. The second-order valence-electron chi connectivity index (χ2n) is 6.97. The minimum absolute atomic E-state index is 0.303. The van der Waals surface area contributed by atoms with Crippen molar-refractivity contribution in [2.75, 3.05) is 6.54 Å².